The Balaban J connectivity index is 2.63. The van der Waals surface area contributed by atoms with E-state index in [9.17, 15) is 9.59 Å². The van der Waals surface area contributed by atoms with Crippen LogP contribution in [0.25, 0.3) is 0 Å². The highest BCUT2D eigenvalue weighted by atomic mass is 32.2. The van der Waals surface area contributed by atoms with Gasteiger partial charge in [0.1, 0.15) is 6.04 Å². The summed E-state index contributed by atoms with van der Waals surface area (Å²) in [6, 6.07) is -0.186. The lowest BCUT2D eigenvalue weighted by Crippen LogP contribution is -2.59. The third-order valence-electron chi connectivity index (χ3n) is 2.71. The number of amides is 2. The molecule has 0 aromatic heterocycles. The number of hydrogen-bond donors (Lipinski definition) is 1. The Hall–Kier alpha value is -0.710. The Morgan fingerprint density at radius 1 is 1.60 bits per heavy atom. The van der Waals surface area contributed by atoms with Crippen LogP contribution in [0.1, 0.15) is 20.3 Å². The molecule has 0 saturated carbocycles. The molecule has 5 heteroatoms. The summed E-state index contributed by atoms with van der Waals surface area (Å²) in [5.41, 5.74) is 0. The molecule has 1 fully saturated rings. The van der Waals surface area contributed by atoms with E-state index in [4.69, 9.17) is 0 Å². The van der Waals surface area contributed by atoms with E-state index in [-0.39, 0.29) is 30.4 Å². The van der Waals surface area contributed by atoms with Crippen molar-refractivity contribution in [3.8, 4) is 0 Å². The van der Waals surface area contributed by atoms with Crippen LogP contribution in [0.15, 0.2) is 0 Å². The monoisotopic (exact) mass is 230 g/mol. The molecule has 0 aromatic carbocycles. The van der Waals surface area contributed by atoms with Crippen molar-refractivity contribution in [2.75, 3.05) is 18.6 Å². The molecular weight excluding hydrogens is 212 g/mol. The molecule has 1 rings (SSSR count). The maximum atomic E-state index is 11.7. The van der Waals surface area contributed by atoms with E-state index >= 15 is 0 Å². The van der Waals surface area contributed by atoms with Gasteiger partial charge in [0, 0.05) is 6.04 Å². The Morgan fingerprint density at radius 3 is 2.87 bits per heavy atom. The maximum Gasteiger partial charge on any atom is 0.242 e. The summed E-state index contributed by atoms with van der Waals surface area (Å²) < 4.78 is 0. The van der Waals surface area contributed by atoms with E-state index in [2.05, 4.69) is 5.32 Å². The molecular formula is C10H18N2O2S. The predicted molar refractivity (Wildman–Crippen MR) is 61.8 cm³/mol. The van der Waals surface area contributed by atoms with Gasteiger partial charge in [-0.3, -0.25) is 9.59 Å². The van der Waals surface area contributed by atoms with Gasteiger partial charge in [0.2, 0.25) is 11.8 Å². The van der Waals surface area contributed by atoms with Crippen molar-refractivity contribution in [3.05, 3.63) is 0 Å². The fourth-order valence-electron chi connectivity index (χ4n) is 1.80. The Bertz CT molecular complexity index is 258. The lowest BCUT2D eigenvalue weighted by Gasteiger charge is -2.37. The maximum absolute atomic E-state index is 11.7. The standard InChI is InChI=1S/C10H18N2O2S/c1-7(4-5-15-3)12-8(2)10(14)11-6-9(12)13/h7-8H,4-6H2,1-3H3,(H,11,14). The Morgan fingerprint density at radius 2 is 2.27 bits per heavy atom. The number of carbonyl (C=O) groups is 2. The number of thioether (sulfide) groups is 1. The minimum atomic E-state index is -0.330. The summed E-state index contributed by atoms with van der Waals surface area (Å²) in [6.07, 6.45) is 2.98. The molecule has 0 spiro atoms. The first-order valence-corrected chi connectivity index (χ1v) is 6.55. The SMILES string of the molecule is CSCCC(C)N1C(=O)CNC(=O)C1C. The average Bonchev–Trinajstić information content (AvgIpc) is 2.21. The second-order valence-corrected chi connectivity index (χ2v) is 4.81. The van der Waals surface area contributed by atoms with Crippen LogP contribution < -0.4 is 5.32 Å². The van der Waals surface area contributed by atoms with Crippen molar-refractivity contribution in [3.63, 3.8) is 0 Å². The van der Waals surface area contributed by atoms with Gasteiger partial charge in [-0.15, -0.1) is 0 Å². The van der Waals surface area contributed by atoms with Crippen molar-refractivity contribution < 1.29 is 9.59 Å². The summed E-state index contributed by atoms with van der Waals surface area (Å²) in [5.74, 6) is 0.987. The fraction of sp³-hybridized carbons (Fsp3) is 0.800. The predicted octanol–water partition coefficient (Wildman–Crippen LogP) is 0.475. The van der Waals surface area contributed by atoms with E-state index in [0.29, 0.717) is 0 Å². The van der Waals surface area contributed by atoms with E-state index in [1.165, 1.54) is 0 Å². The number of nitrogens with zero attached hydrogens (tertiary/aromatic N) is 1. The number of nitrogens with one attached hydrogen (secondary N) is 1. The Labute approximate surface area is 94.8 Å². The number of rotatable bonds is 4. The number of hydrogen-bond acceptors (Lipinski definition) is 3. The molecule has 1 aliphatic rings. The number of piperazine rings is 1. The number of carbonyl (C=O) groups excluding carboxylic acids is 2. The fourth-order valence-corrected chi connectivity index (χ4v) is 2.38. The molecule has 1 N–H and O–H groups in total. The Kier molecular flexibility index (Phi) is 4.45. The van der Waals surface area contributed by atoms with Crippen LogP contribution in [0, 0.1) is 0 Å². The first kappa shape index (κ1) is 12.4. The first-order valence-electron chi connectivity index (χ1n) is 5.15. The van der Waals surface area contributed by atoms with Gasteiger partial charge in [-0.2, -0.15) is 11.8 Å². The zero-order valence-corrected chi connectivity index (χ0v) is 10.3. The molecule has 4 nitrogen and oxygen atoms in total. The molecule has 2 amide bonds. The van der Waals surface area contributed by atoms with Gasteiger partial charge in [0.05, 0.1) is 6.54 Å². The molecule has 2 atom stereocenters. The minimum Gasteiger partial charge on any atom is -0.345 e. The van der Waals surface area contributed by atoms with Gasteiger partial charge in [-0.25, -0.2) is 0 Å². The highest BCUT2D eigenvalue weighted by Crippen LogP contribution is 2.14. The van der Waals surface area contributed by atoms with Gasteiger partial charge in [-0.05, 0) is 32.3 Å². The summed E-state index contributed by atoms with van der Waals surface area (Å²) in [7, 11) is 0. The highest BCUT2D eigenvalue weighted by molar-refractivity contribution is 7.98. The average molecular weight is 230 g/mol. The largest absolute Gasteiger partial charge is 0.345 e. The van der Waals surface area contributed by atoms with Gasteiger partial charge in [0.25, 0.3) is 0 Å². The summed E-state index contributed by atoms with van der Waals surface area (Å²) in [6.45, 7) is 3.93. The van der Waals surface area contributed by atoms with Crippen LogP contribution in [0.5, 0.6) is 0 Å². The van der Waals surface area contributed by atoms with Crippen LogP contribution >= 0.6 is 11.8 Å². The molecule has 1 saturated heterocycles. The van der Waals surface area contributed by atoms with E-state index in [1.54, 1.807) is 23.6 Å². The van der Waals surface area contributed by atoms with Crippen molar-refractivity contribution in [1.29, 1.82) is 0 Å². The second-order valence-electron chi connectivity index (χ2n) is 3.83. The van der Waals surface area contributed by atoms with Crippen molar-refractivity contribution in [2.45, 2.75) is 32.4 Å². The van der Waals surface area contributed by atoms with E-state index in [0.717, 1.165) is 12.2 Å². The first-order chi connectivity index (χ1) is 7.07. The molecule has 0 bridgehead atoms. The smallest absolute Gasteiger partial charge is 0.242 e. The lowest BCUT2D eigenvalue weighted by atomic mass is 10.1. The van der Waals surface area contributed by atoms with Gasteiger partial charge in [-0.1, -0.05) is 0 Å². The zero-order valence-electron chi connectivity index (χ0n) is 9.45. The van der Waals surface area contributed by atoms with Crippen molar-refractivity contribution in [1.82, 2.24) is 10.2 Å². The summed E-state index contributed by atoms with van der Waals surface area (Å²) >= 11 is 1.76. The molecule has 0 aliphatic carbocycles. The van der Waals surface area contributed by atoms with E-state index in [1.807, 2.05) is 13.2 Å². The van der Waals surface area contributed by atoms with Crippen molar-refractivity contribution in [2.24, 2.45) is 0 Å². The van der Waals surface area contributed by atoms with Crippen molar-refractivity contribution >= 4 is 23.6 Å². The van der Waals surface area contributed by atoms with Gasteiger partial charge in [0.15, 0.2) is 0 Å². The minimum absolute atomic E-state index is 0.0238. The van der Waals surface area contributed by atoms with E-state index < -0.39 is 0 Å². The van der Waals surface area contributed by atoms with Gasteiger partial charge < -0.3 is 10.2 Å². The highest BCUT2D eigenvalue weighted by Gasteiger charge is 2.33. The van der Waals surface area contributed by atoms with Crippen LogP contribution in [0.4, 0.5) is 0 Å². The second kappa shape index (κ2) is 5.39. The lowest BCUT2D eigenvalue weighted by molar-refractivity contribution is -0.147. The van der Waals surface area contributed by atoms with Crippen LogP contribution in [0.2, 0.25) is 0 Å². The normalized spacial score (nSPS) is 23.9. The van der Waals surface area contributed by atoms with Crippen LogP contribution in [-0.4, -0.2) is 47.4 Å². The molecule has 1 heterocycles. The molecule has 2 unspecified atom stereocenters. The zero-order chi connectivity index (χ0) is 11.4. The molecule has 0 aromatic rings. The molecule has 0 radical (unpaired) electrons. The van der Waals surface area contributed by atoms with Crippen LogP contribution in [0.3, 0.4) is 0 Å². The third kappa shape index (κ3) is 2.87. The molecule has 1 aliphatic heterocycles. The summed E-state index contributed by atoms with van der Waals surface area (Å²) in [5, 5.41) is 2.59. The summed E-state index contributed by atoms with van der Waals surface area (Å²) in [4.78, 5) is 24.8. The topological polar surface area (TPSA) is 49.4 Å². The quantitative estimate of drug-likeness (QED) is 0.764. The molecule has 15 heavy (non-hydrogen) atoms. The third-order valence-corrected chi connectivity index (χ3v) is 3.36. The van der Waals surface area contributed by atoms with Crippen LogP contribution in [-0.2, 0) is 9.59 Å². The molecule has 86 valence electrons. The van der Waals surface area contributed by atoms with Gasteiger partial charge >= 0.3 is 0 Å².